The molecule has 0 bridgehead atoms. The van der Waals surface area contributed by atoms with Gasteiger partial charge in [0.2, 0.25) is 0 Å². The van der Waals surface area contributed by atoms with E-state index in [1.807, 2.05) is 6.07 Å². The molecule has 0 saturated carbocycles. The Balaban J connectivity index is 1.83. The summed E-state index contributed by atoms with van der Waals surface area (Å²) in [5.74, 6) is 0.775. The van der Waals surface area contributed by atoms with E-state index in [2.05, 4.69) is 47.2 Å². The maximum Gasteiger partial charge on any atom is 0.182 e. The Bertz CT molecular complexity index is 647. The molecule has 0 unspecified atom stereocenters. The van der Waals surface area contributed by atoms with E-state index in [4.69, 9.17) is 0 Å². The van der Waals surface area contributed by atoms with Crippen LogP contribution in [0.25, 0.3) is 11.2 Å². The number of hydrogen-bond acceptors (Lipinski definition) is 5. The zero-order valence-electron chi connectivity index (χ0n) is 8.64. The Morgan fingerprint density at radius 1 is 1.29 bits per heavy atom. The highest BCUT2D eigenvalue weighted by Gasteiger charge is 2.05. The monoisotopic (exact) mass is 309 g/mol. The van der Waals surface area contributed by atoms with Crippen molar-refractivity contribution in [2.24, 2.45) is 0 Å². The second-order valence-corrected chi connectivity index (χ2v) is 5.93. The van der Waals surface area contributed by atoms with Gasteiger partial charge in [0.25, 0.3) is 0 Å². The third-order valence-corrected chi connectivity index (χ3v) is 3.91. The minimum Gasteiger partial charge on any atom is -0.363 e. The highest BCUT2D eigenvalue weighted by molar-refractivity contribution is 9.11. The van der Waals surface area contributed by atoms with Gasteiger partial charge in [-0.1, -0.05) is 0 Å². The Kier molecular flexibility index (Phi) is 2.77. The van der Waals surface area contributed by atoms with E-state index in [9.17, 15) is 0 Å². The number of thiophene rings is 1. The van der Waals surface area contributed by atoms with Crippen LogP contribution >= 0.6 is 27.3 Å². The van der Waals surface area contributed by atoms with Crippen molar-refractivity contribution in [2.75, 3.05) is 5.32 Å². The number of halogens is 1. The number of hydrogen-bond donors (Lipinski definition) is 2. The standard InChI is InChI=1S/C10H8BrN5S/c11-7-2-1-6(17-7)3-12-9-8-10(14-4-13-8)16-5-15-9/h1-2,4-5H,3H2,(H2,12,13,14,15,16). The molecule has 0 atom stereocenters. The molecule has 17 heavy (non-hydrogen) atoms. The number of nitrogens with one attached hydrogen (secondary N) is 2. The van der Waals surface area contributed by atoms with Crippen molar-refractivity contribution in [3.63, 3.8) is 0 Å². The largest absolute Gasteiger partial charge is 0.363 e. The first kappa shape index (κ1) is 10.7. The lowest BCUT2D eigenvalue weighted by molar-refractivity contribution is 1.12. The van der Waals surface area contributed by atoms with Crippen molar-refractivity contribution in [1.29, 1.82) is 0 Å². The number of H-pyrrole nitrogens is 1. The maximum atomic E-state index is 4.20. The van der Waals surface area contributed by atoms with Crippen molar-refractivity contribution in [3.05, 3.63) is 33.5 Å². The lowest BCUT2D eigenvalue weighted by atomic mass is 10.4. The van der Waals surface area contributed by atoms with Crippen LogP contribution < -0.4 is 5.32 Å². The van der Waals surface area contributed by atoms with Crippen LogP contribution in [0, 0.1) is 0 Å². The molecule has 0 spiro atoms. The van der Waals surface area contributed by atoms with E-state index < -0.39 is 0 Å². The fraction of sp³-hybridized carbons (Fsp3) is 0.100. The maximum absolute atomic E-state index is 4.20. The van der Waals surface area contributed by atoms with Crippen molar-refractivity contribution < 1.29 is 0 Å². The van der Waals surface area contributed by atoms with Gasteiger partial charge in [0, 0.05) is 4.88 Å². The van der Waals surface area contributed by atoms with Crippen LogP contribution in [0.4, 0.5) is 5.82 Å². The molecule has 3 aromatic rings. The van der Waals surface area contributed by atoms with E-state index in [-0.39, 0.29) is 0 Å². The predicted molar refractivity (Wildman–Crippen MR) is 71.0 cm³/mol. The summed E-state index contributed by atoms with van der Waals surface area (Å²) < 4.78 is 1.13. The number of fused-ring (bicyclic) bond motifs is 1. The first-order chi connectivity index (χ1) is 8.33. The van der Waals surface area contributed by atoms with Crippen molar-refractivity contribution in [2.45, 2.75) is 6.54 Å². The van der Waals surface area contributed by atoms with Crippen LogP contribution in [0.2, 0.25) is 0 Å². The first-order valence-electron chi connectivity index (χ1n) is 4.95. The van der Waals surface area contributed by atoms with Gasteiger partial charge in [-0.05, 0) is 28.1 Å². The second-order valence-electron chi connectivity index (χ2n) is 3.38. The average Bonchev–Trinajstić information content (AvgIpc) is 2.94. The van der Waals surface area contributed by atoms with Gasteiger partial charge in [-0.15, -0.1) is 11.3 Å². The quantitative estimate of drug-likeness (QED) is 0.780. The molecule has 0 fully saturated rings. The van der Waals surface area contributed by atoms with Gasteiger partial charge in [-0.3, -0.25) is 0 Å². The molecule has 2 N–H and O–H groups in total. The normalized spacial score (nSPS) is 10.9. The van der Waals surface area contributed by atoms with Crippen LogP contribution in [0.5, 0.6) is 0 Å². The van der Waals surface area contributed by atoms with Crippen molar-refractivity contribution in [3.8, 4) is 0 Å². The smallest absolute Gasteiger partial charge is 0.182 e. The number of aromatic amines is 1. The number of anilines is 1. The van der Waals surface area contributed by atoms with Gasteiger partial charge in [0.15, 0.2) is 11.5 Å². The molecular formula is C10H8BrN5S. The minimum atomic E-state index is 0.676. The predicted octanol–water partition coefficient (Wildman–Crippen LogP) is 2.79. The molecule has 0 aliphatic carbocycles. The molecule has 3 heterocycles. The van der Waals surface area contributed by atoms with Gasteiger partial charge < -0.3 is 10.3 Å². The molecule has 86 valence electrons. The number of nitrogens with zero attached hydrogens (tertiary/aromatic N) is 3. The minimum absolute atomic E-state index is 0.676. The molecule has 0 aromatic carbocycles. The third kappa shape index (κ3) is 2.16. The zero-order valence-corrected chi connectivity index (χ0v) is 11.0. The van der Waals surface area contributed by atoms with Crippen LogP contribution in [-0.2, 0) is 6.54 Å². The Morgan fingerprint density at radius 2 is 2.24 bits per heavy atom. The summed E-state index contributed by atoms with van der Waals surface area (Å²) in [6.07, 6.45) is 3.13. The Hall–Kier alpha value is -1.47. The number of rotatable bonds is 3. The molecule has 3 aromatic heterocycles. The molecule has 0 amide bonds. The Morgan fingerprint density at radius 3 is 3.06 bits per heavy atom. The van der Waals surface area contributed by atoms with E-state index in [1.165, 1.54) is 11.2 Å². The third-order valence-electron chi connectivity index (χ3n) is 2.28. The van der Waals surface area contributed by atoms with Gasteiger partial charge in [0.05, 0.1) is 16.7 Å². The van der Waals surface area contributed by atoms with Crippen LogP contribution in [0.15, 0.2) is 28.6 Å². The average molecular weight is 310 g/mol. The zero-order chi connectivity index (χ0) is 11.7. The lowest BCUT2D eigenvalue weighted by Gasteiger charge is -2.03. The molecule has 0 aliphatic rings. The molecule has 0 radical (unpaired) electrons. The van der Waals surface area contributed by atoms with Crippen LogP contribution in [0.3, 0.4) is 0 Å². The summed E-state index contributed by atoms with van der Waals surface area (Å²) in [6, 6.07) is 4.11. The fourth-order valence-corrected chi connectivity index (χ4v) is 2.94. The SMILES string of the molecule is Brc1ccc(CNc2ncnc3nc[nH]c23)s1. The summed E-state index contributed by atoms with van der Waals surface area (Å²) in [4.78, 5) is 16.6. The topological polar surface area (TPSA) is 66.5 Å². The summed E-state index contributed by atoms with van der Waals surface area (Å²) in [5, 5.41) is 3.27. The highest BCUT2D eigenvalue weighted by atomic mass is 79.9. The molecule has 3 rings (SSSR count). The van der Waals surface area contributed by atoms with E-state index in [1.54, 1.807) is 17.7 Å². The fourth-order valence-electron chi connectivity index (χ4n) is 1.52. The van der Waals surface area contributed by atoms with Gasteiger partial charge in [-0.25, -0.2) is 15.0 Å². The molecule has 0 aliphatic heterocycles. The Labute approximate surface area is 109 Å². The molecular weight excluding hydrogens is 302 g/mol. The summed E-state index contributed by atoms with van der Waals surface area (Å²) in [6.45, 7) is 0.738. The van der Waals surface area contributed by atoms with Crippen molar-refractivity contribution >= 4 is 44.2 Å². The summed E-state index contributed by atoms with van der Waals surface area (Å²) in [7, 11) is 0. The highest BCUT2D eigenvalue weighted by Crippen LogP contribution is 2.23. The van der Waals surface area contributed by atoms with Gasteiger partial charge >= 0.3 is 0 Å². The van der Waals surface area contributed by atoms with E-state index in [0.717, 1.165) is 21.7 Å². The molecule has 0 saturated heterocycles. The van der Waals surface area contributed by atoms with Crippen LogP contribution in [0.1, 0.15) is 4.88 Å². The lowest BCUT2D eigenvalue weighted by Crippen LogP contribution is -2.01. The summed E-state index contributed by atoms with van der Waals surface area (Å²) in [5.41, 5.74) is 1.51. The van der Waals surface area contributed by atoms with Gasteiger partial charge in [-0.2, -0.15) is 0 Å². The van der Waals surface area contributed by atoms with E-state index in [0.29, 0.717) is 5.65 Å². The molecule has 5 nitrogen and oxygen atoms in total. The molecule has 7 heteroatoms. The first-order valence-corrected chi connectivity index (χ1v) is 6.56. The number of imidazole rings is 1. The second kappa shape index (κ2) is 4.42. The van der Waals surface area contributed by atoms with Gasteiger partial charge in [0.1, 0.15) is 11.8 Å². The van der Waals surface area contributed by atoms with Crippen molar-refractivity contribution in [1.82, 2.24) is 19.9 Å². The summed E-state index contributed by atoms with van der Waals surface area (Å²) >= 11 is 5.14. The number of aromatic nitrogens is 4. The van der Waals surface area contributed by atoms with E-state index >= 15 is 0 Å². The van der Waals surface area contributed by atoms with Crippen LogP contribution in [-0.4, -0.2) is 19.9 Å².